The third-order valence-corrected chi connectivity index (χ3v) is 4.73. The van der Waals surface area contributed by atoms with E-state index < -0.39 is 0 Å². The fraction of sp³-hybridized carbons (Fsp3) is 0.500. The van der Waals surface area contributed by atoms with E-state index in [1.54, 1.807) is 15.4 Å². The van der Waals surface area contributed by atoms with Gasteiger partial charge in [-0.1, -0.05) is 20.8 Å². The van der Waals surface area contributed by atoms with Gasteiger partial charge in [0.25, 0.3) is 0 Å². The predicted molar refractivity (Wildman–Crippen MR) is 100 cm³/mol. The van der Waals surface area contributed by atoms with Gasteiger partial charge in [-0.3, -0.25) is 4.68 Å². The second-order valence-electron chi connectivity index (χ2n) is 6.60. The standard InChI is InChI=1S/C16H21N7.C2H6/c1-16(4-3-5-18-10-16)13-6-14(17)23-15(21-13)12(8-20-23)11-7-19-22(2)9-11;1-2/h6-9,18H,3-5,10,17H2,1-2H3;1-2H3. The molecule has 1 aliphatic heterocycles. The van der Waals surface area contributed by atoms with Crippen LogP contribution in [-0.4, -0.2) is 37.5 Å². The summed E-state index contributed by atoms with van der Waals surface area (Å²) >= 11 is 0. The van der Waals surface area contributed by atoms with Crippen molar-refractivity contribution in [2.24, 2.45) is 7.05 Å². The first-order valence-electron chi connectivity index (χ1n) is 8.91. The van der Waals surface area contributed by atoms with Gasteiger partial charge in [0, 0.05) is 42.4 Å². The maximum absolute atomic E-state index is 6.24. The number of nitrogen functional groups attached to an aromatic ring is 1. The van der Waals surface area contributed by atoms with Crippen LogP contribution in [0.15, 0.2) is 24.7 Å². The first kappa shape index (κ1) is 17.4. The Morgan fingerprint density at radius 2 is 2.04 bits per heavy atom. The molecule has 3 aromatic heterocycles. The Bertz CT molecular complexity index is 856. The van der Waals surface area contributed by atoms with Crippen molar-refractivity contribution < 1.29 is 0 Å². The summed E-state index contributed by atoms with van der Waals surface area (Å²) < 4.78 is 3.48. The number of hydrogen-bond donors (Lipinski definition) is 2. The summed E-state index contributed by atoms with van der Waals surface area (Å²) in [5.41, 5.74) is 10.0. The Kier molecular flexibility index (Phi) is 4.76. The van der Waals surface area contributed by atoms with Crippen molar-refractivity contribution >= 4 is 11.5 Å². The second-order valence-corrected chi connectivity index (χ2v) is 6.60. The van der Waals surface area contributed by atoms with Crippen molar-refractivity contribution in [2.75, 3.05) is 18.8 Å². The molecule has 1 atom stereocenters. The molecule has 0 bridgehead atoms. The van der Waals surface area contributed by atoms with Gasteiger partial charge >= 0.3 is 0 Å². The molecule has 25 heavy (non-hydrogen) atoms. The third kappa shape index (κ3) is 3.11. The number of nitrogens with one attached hydrogen (secondary N) is 1. The summed E-state index contributed by atoms with van der Waals surface area (Å²) in [7, 11) is 1.90. The monoisotopic (exact) mass is 341 g/mol. The molecule has 4 heterocycles. The summed E-state index contributed by atoms with van der Waals surface area (Å²) in [6.07, 6.45) is 7.86. The highest BCUT2D eigenvalue weighted by Crippen LogP contribution is 2.32. The highest BCUT2D eigenvalue weighted by atomic mass is 15.3. The fourth-order valence-electron chi connectivity index (χ4n) is 3.33. The third-order valence-electron chi connectivity index (χ3n) is 4.73. The molecular weight excluding hydrogens is 314 g/mol. The maximum atomic E-state index is 6.24. The molecular formula is C18H27N7. The highest BCUT2D eigenvalue weighted by molar-refractivity contribution is 5.77. The molecule has 1 saturated heterocycles. The van der Waals surface area contributed by atoms with E-state index in [9.17, 15) is 0 Å². The fourth-order valence-corrected chi connectivity index (χ4v) is 3.33. The summed E-state index contributed by atoms with van der Waals surface area (Å²) in [6.45, 7) is 8.24. The molecule has 0 amide bonds. The van der Waals surface area contributed by atoms with E-state index in [1.807, 2.05) is 39.4 Å². The van der Waals surface area contributed by atoms with E-state index in [1.165, 1.54) is 0 Å². The molecule has 0 spiro atoms. The Balaban J connectivity index is 0.000000880. The first-order chi connectivity index (χ1) is 12.1. The number of fused-ring (bicyclic) bond motifs is 1. The number of hydrogen-bond acceptors (Lipinski definition) is 5. The van der Waals surface area contributed by atoms with Crippen LogP contribution in [0.25, 0.3) is 16.8 Å². The van der Waals surface area contributed by atoms with E-state index in [2.05, 4.69) is 22.4 Å². The van der Waals surface area contributed by atoms with E-state index >= 15 is 0 Å². The average Bonchev–Trinajstić information content (AvgIpc) is 3.23. The molecule has 0 radical (unpaired) electrons. The topological polar surface area (TPSA) is 86.1 Å². The van der Waals surface area contributed by atoms with Crippen LogP contribution in [0.4, 0.5) is 5.82 Å². The zero-order valence-corrected chi connectivity index (χ0v) is 15.5. The van der Waals surface area contributed by atoms with Crippen LogP contribution in [0.5, 0.6) is 0 Å². The van der Waals surface area contributed by atoms with Gasteiger partial charge in [0.05, 0.1) is 18.1 Å². The van der Waals surface area contributed by atoms with Gasteiger partial charge in [-0.25, -0.2) is 4.98 Å². The Hall–Kier alpha value is -2.41. The van der Waals surface area contributed by atoms with E-state index in [0.717, 1.165) is 48.4 Å². The van der Waals surface area contributed by atoms with E-state index in [-0.39, 0.29) is 5.41 Å². The molecule has 7 nitrogen and oxygen atoms in total. The van der Waals surface area contributed by atoms with Crippen LogP contribution in [0.3, 0.4) is 0 Å². The number of rotatable bonds is 2. The lowest BCUT2D eigenvalue weighted by Crippen LogP contribution is -2.41. The van der Waals surface area contributed by atoms with Gasteiger partial charge in [-0.05, 0) is 19.4 Å². The molecule has 1 aliphatic rings. The van der Waals surface area contributed by atoms with Crippen molar-refractivity contribution in [2.45, 2.75) is 39.0 Å². The molecule has 7 heteroatoms. The lowest BCUT2D eigenvalue weighted by Gasteiger charge is -2.33. The average molecular weight is 341 g/mol. The molecule has 0 aromatic carbocycles. The minimum absolute atomic E-state index is 0.00456. The first-order valence-corrected chi connectivity index (χ1v) is 8.91. The summed E-state index contributed by atoms with van der Waals surface area (Å²) in [6, 6.07) is 1.96. The van der Waals surface area contributed by atoms with Crippen molar-refractivity contribution in [1.82, 2.24) is 29.7 Å². The number of piperidine rings is 1. The normalized spacial score (nSPS) is 20.3. The van der Waals surface area contributed by atoms with Gasteiger partial charge in [0.15, 0.2) is 5.65 Å². The molecule has 134 valence electrons. The zero-order valence-electron chi connectivity index (χ0n) is 15.5. The zero-order chi connectivity index (χ0) is 18.0. The van der Waals surface area contributed by atoms with Gasteiger partial charge in [0.2, 0.25) is 0 Å². The Morgan fingerprint density at radius 1 is 1.24 bits per heavy atom. The van der Waals surface area contributed by atoms with Gasteiger partial charge in [-0.15, -0.1) is 0 Å². The smallest absolute Gasteiger partial charge is 0.165 e. The quantitative estimate of drug-likeness (QED) is 0.747. The summed E-state index contributed by atoms with van der Waals surface area (Å²) in [5, 5.41) is 12.1. The van der Waals surface area contributed by atoms with Crippen LogP contribution in [-0.2, 0) is 12.5 Å². The second kappa shape index (κ2) is 6.84. The number of nitrogens with zero attached hydrogens (tertiary/aromatic N) is 5. The molecule has 4 rings (SSSR count). The molecule has 0 aliphatic carbocycles. The maximum Gasteiger partial charge on any atom is 0.165 e. The number of aromatic nitrogens is 5. The van der Waals surface area contributed by atoms with Crippen LogP contribution in [0, 0.1) is 0 Å². The SMILES string of the molecule is CC.Cn1cc(-c2cnn3c(N)cc(C4(C)CCCNC4)nc23)cn1. The molecule has 1 fully saturated rings. The number of anilines is 1. The van der Waals surface area contributed by atoms with Crippen LogP contribution in [0.1, 0.15) is 39.3 Å². The van der Waals surface area contributed by atoms with Crippen LogP contribution in [0.2, 0.25) is 0 Å². The van der Waals surface area contributed by atoms with Gasteiger partial charge in [0.1, 0.15) is 5.82 Å². The highest BCUT2D eigenvalue weighted by Gasteiger charge is 2.31. The molecule has 1 unspecified atom stereocenters. The van der Waals surface area contributed by atoms with Crippen molar-refractivity contribution in [1.29, 1.82) is 0 Å². The number of nitrogens with two attached hydrogens (primary N) is 1. The number of aryl methyl sites for hydroxylation is 1. The summed E-state index contributed by atoms with van der Waals surface area (Å²) in [5.74, 6) is 0.618. The minimum Gasteiger partial charge on any atom is -0.384 e. The van der Waals surface area contributed by atoms with Gasteiger partial charge < -0.3 is 11.1 Å². The van der Waals surface area contributed by atoms with Crippen molar-refractivity contribution in [3.05, 3.63) is 30.4 Å². The van der Waals surface area contributed by atoms with Crippen LogP contribution < -0.4 is 11.1 Å². The lowest BCUT2D eigenvalue weighted by atomic mass is 9.79. The van der Waals surface area contributed by atoms with E-state index in [0.29, 0.717) is 5.82 Å². The summed E-state index contributed by atoms with van der Waals surface area (Å²) in [4.78, 5) is 4.92. The Morgan fingerprint density at radius 3 is 2.68 bits per heavy atom. The van der Waals surface area contributed by atoms with Crippen molar-refractivity contribution in [3.8, 4) is 11.1 Å². The molecule has 3 aromatic rings. The predicted octanol–water partition coefficient (Wildman–Crippen LogP) is 2.38. The largest absolute Gasteiger partial charge is 0.384 e. The molecule has 3 N–H and O–H groups in total. The van der Waals surface area contributed by atoms with E-state index in [4.69, 9.17) is 10.7 Å². The minimum atomic E-state index is 0.00456. The Labute approximate surface area is 148 Å². The van der Waals surface area contributed by atoms with Crippen molar-refractivity contribution in [3.63, 3.8) is 0 Å². The molecule has 0 saturated carbocycles. The van der Waals surface area contributed by atoms with Gasteiger partial charge in [-0.2, -0.15) is 14.7 Å². The lowest BCUT2D eigenvalue weighted by molar-refractivity contribution is 0.332. The van der Waals surface area contributed by atoms with Crippen LogP contribution >= 0.6 is 0 Å².